The first-order valence-corrected chi connectivity index (χ1v) is 10.9. The monoisotopic (exact) mass is 457 g/mol. The number of benzene rings is 1. The second kappa shape index (κ2) is 8.53. The molecule has 3 N–H and O–H groups in total. The summed E-state index contributed by atoms with van der Waals surface area (Å²) < 4.78 is 41.4. The van der Waals surface area contributed by atoms with Crippen LogP contribution in [0.2, 0.25) is 0 Å². The van der Waals surface area contributed by atoms with Gasteiger partial charge in [0.1, 0.15) is 17.2 Å². The summed E-state index contributed by atoms with van der Waals surface area (Å²) in [6.07, 6.45) is 1.68. The molecule has 0 unspecified atom stereocenters. The molecule has 0 fully saturated rings. The van der Waals surface area contributed by atoms with Crippen LogP contribution in [0.5, 0.6) is 0 Å². The largest absolute Gasteiger partial charge is 0.416 e. The fraction of sp³-hybridized carbons (Fsp3) is 0.375. The number of pyridine rings is 1. The van der Waals surface area contributed by atoms with Crippen LogP contribution >= 0.6 is 0 Å². The molecule has 174 valence electrons. The summed E-state index contributed by atoms with van der Waals surface area (Å²) >= 11 is 0. The van der Waals surface area contributed by atoms with E-state index < -0.39 is 17.8 Å². The zero-order valence-corrected chi connectivity index (χ0v) is 18.8. The fourth-order valence-electron chi connectivity index (χ4n) is 4.25. The number of nitrogens with one attached hydrogen (secondary N) is 1. The van der Waals surface area contributed by atoms with E-state index in [-0.39, 0.29) is 16.8 Å². The maximum atomic E-state index is 13.3. The lowest BCUT2D eigenvalue weighted by atomic mass is 9.96. The summed E-state index contributed by atoms with van der Waals surface area (Å²) in [6.45, 7) is 3.40. The fourth-order valence-corrected chi connectivity index (χ4v) is 4.25. The van der Waals surface area contributed by atoms with Gasteiger partial charge in [0, 0.05) is 18.4 Å². The van der Waals surface area contributed by atoms with Gasteiger partial charge in [-0.05, 0) is 74.9 Å². The molecule has 0 saturated heterocycles. The van der Waals surface area contributed by atoms with Crippen molar-refractivity contribution in [3.05, 3.63) is 63.3 Å². The number of halogens is 3. The molecule has 33 heavy (non-hydrogen) atoms. The Balaban J connectivity index is 1.81. The van der Waals surface area contributed by atoms with Crippen LogP contribution in [-0.4, -0.2) is 14.5 Å². The number of nitrogens with zero attached hydrogens (tertiary/aromatic N) is 3. The standard InChI is InChI=1S/C24H26F3N5O/c1-13(16-9-17(24(25,26)27)11-18(28)10-16)29-22-19-12-20(15-7-5-4-6-8-15)32(3)23(33)21(19)30-14(2)31-22/h7,9-13H,4-6,8,28H2,1-3H3,(H,29,30,31)/t13-/m1/s1. The highest BCUT2D eigenvalue weighted by Gasteiger charge is 2.31. The van der Waals surface area contributed by atoms with Gasteiger partial charge in [0.05, 0.1) is 17.0 Å². The van der Waals surface area contributed by atoms with E-state index >= 15 is 0 Å². The quantitative estimate of drug-likeness (QED) is 0.515. The van der Waals surface area contributed by atoms with Crippen LogP contribution in [0.15, 0.2) is 35.1 Å². The molecule has 2 aromatic heterocycles. The van der Waals surface area contributed by atoms with Crippen molar-refractivity contribution in [3.8, 4) is 0 Å². The van der Waals surface area contributed by atoms with Crippen LogP contribution in [0.1, 0.15) is 61.3 Å². The topological polar surface area (TPSA) is 85.8 Å². The number of hydrogen-bond donors (Lipinski definition) is 2. The van der Waals surface area contributed by atoms with Crippen LogP contribution in [-0.2, 0) is 13.2 Å². The molecule has 3 aromatic rings. The van der Waals surface area contributed by atoms with Crippen molar-refractivity contribution in [2.24, 2.45) is 7.05 Å². The van der Waals surface area contributed by atoms with Gasteiger partial charge in [-0.2, -0.15) is 13.2 Å². The predicted molar refractivity (Wildman–Crippen MR) is 124 cm³/mol. The first-order valence-electron chi connectivity index (χ1n) is 10.9. The molecule has 1 atom stereocenters. The molecule has 0 saturated carbocycles. The Morgan fingerprint density at radius 1 is 1.15 bits per heavy atom. The Bertz CT molecular complexity index is 1310. The molecule has 0 radical (unpaired) electrons. The van der Waals surface area contributed by atoms with Gasteiger partial charge >= 0.3 is 6.18 Å². The average Bonchev–Trinajstić information content (AvgIpc) is 2.76. The summed E-state index contributed by atoms with van der Waals surface area (Å²) in [5.41, 5.74) is 7.26. The third-order valence-electron chi connectivity index (χ3n) is 5.99. The smallest absolute Gasteiger partial charge is 0.399 e. The Kier molecular flexibility index (Phi) is 5.90. The molecule has 4 rings (SSSR count). The molecule has 1 aromatic carbocycles. The number of aryl methyl sites for hydroxylation is 1. The first kappa shape index (κ1) is 22.8. The lowest BCUT2D eigenvalue weighted by molar-refractivity contribution is -0.137. The van der Waals surface area contributed by atoms with Gasteiger partial charge in [-0.1, -0.05) is 6.08 Å². The highest BCUT2D eigenvalue weighted by molar-refractivity contribution is 5.91. The zero-order chi connectivity index (χ0) is 23.9. The molecule has 0 spiro atoms. The van der Waals surface area contributed by atoms with Crippen LogP contribution in [0.3, 0.4) is 0 Å². The van der Waals surface area contributed by atoms with Crippen molar-refractivity contribution < 1.29 is 13.2 Å². The highest BCUT2D eigenvalue weighted by atomic mass is 19.4. The molecule has 0 amide bonds. The number of nitrogen functional groups attached to an aromatic ring is 1. The van der Waals surface area contributed by atoms with Gasteiger partial charge < -0.3 is 15.6 Å². The molecular formula is C24H26F3N5O. The number of nitrogens with two attached hydrogens (primary N) is 1. The number of aromatic nitrogens is 3. The number of fused-ring (bicyclic) bond motifs is 1. The number of anilines is 2. The van der Waals surface area contributed by atoms with E-state index in [2.05, 4.69) is 21.4 Å². The maximum Gasteiger partial charge on any atom is 0.416 e. The lowest BCUT2D eigenvalue weighted by Gasteiger charge is -2.20. The van der Waals surface area contributed by atoms with E-state index in [4.69, 9.17) is 5.73 Å². The van der Waals surface area contributed by atoms with E-state index in [0.29, 0.717) is 22.6 Å². The van der Waals surface area contributed by atoms with E-state index in [1.165, 1.54) is 6.07 Å². The van der Waals surface area contributed by atoms with Gasteiger partial charge in [0.2, 0.25) is 0 Å². The average molecular weight is 458 g/mol. The Morgan fingerprint density at radius 2 is 1.91 bits per heavy atom. The molecular weight excluding hydrogens is 431 g/mol. The molecule has 6 nitrogen and oxygen atoms in total. The second-order valence-corrected chi connectivity index (χ2v) is 8.50. The van der Waals surface area contributed by atoms with Crippen LogP contribution in [0, 0.1) is 6.92 Å². The zero-order valence-electron chi connectivity index (χ0n) is 18.8. The lowest BCUT2D eigenvalue weighted by Crippen LogP contribution is -2.23. The molecule has 0 aliphatic heterocycles. The van der Waals surface area contributed by atoms with Crippen molar-refractivity contribution >= 4 is 28.0 Å². The third kappa shape index (κ3) is 4.58. The molecule has 9 heteroatoms. The van der Waals surface area contributed by atoms with Gasteiger partial charge in [-0.15, -0.1) is 0 Å². The van der Waals surface area contributed by atoms with Crippen molar-refractivity contribution in [1.82, 2.24) is 14.5 Å². The van der Waals surface area contributed by atoms with Crippen molar-refractivity contribution in [1.29, 1.82) is 0 Å². The SMILES string of the molecule is Cc1nc(N[C@H](C)c2cc(N)cc(C(F)(F)F)c2)c2cc(C3=CCCCC3)n(C)c(=O)c2n1. The van der Waals surface area contributed by atoms with Gasteiger partial charge in [-0.25, -0.2) is 9.97 Å². The third-order valence-corrected chi connectivity index (χ3v) is 5.99. The minimum Gasteiger partial charge on any atom is -0.399 e. The molecule has 0 bridgehead atoms. The molecule has 2 heterocycles. The minimum atomic E-state index is -4.50. The second-order valence-electron chi connectivity index (χ2n) is 8.50. The van der Waals surface area contributed by atoms with E-state index in [0.717, 1.165) is 49.1 Å². The Morgan fingerprint density at radius 3 is 2.58 bits per heavy atom. The van der Waals surface area contributed by atoms with E-state index in [1.807, 2.05) is 6.07 Å². The van der Waals surface area contributed by atoms with Crippen LogP contribution in [0.25, 0.3) is 16.5 Å². The maximum absolute atomic E-state index is 13.3. The normalized spacial score (nSPS) is 15.4. The minimum absolute atomic E-state index is 0.0255. The van der Waals surface area contributed by atoms with E-state index in [1.54, 1.807) is 25.5 Å². The first-order chi connectivity index (χ1) is 15.5. The van der Waals surface area contributed by atoms with Crippen molar-refractivity contribution in [2.75, 3.05) is 11.1 Å². The summed E-state index contributed by atoms with van der Waals surface area (Å²) in [5, 5.41) is 3.72. The summed E-state index contributed by atoms with van der Waals surface area (Å²) in [7, 11) is 1.73. The Hall–Kier alpha value is -3.36. The van der Waals surface area contributed by atoms with Gasteiger partial charge in [0.25, 0.3) is 5.56 Å². The van der Waals surface area contributed by atoms with Crippen LogP contribution < -0.4 is 16.6 Å². The molecule has 1 aliphatic rings. The number of rotatable bonds is 4. The van der Waals surface area contributed by atoms with E-state index in [9.17, 15) is 18.0 Å². The van der Waals surface area contributed by atoms with Crippen molar-refractivity contribution in [2.45, 2.75) is 51.7 Å². The van der Waals surface area contributed by atoms with Gasteiger partial charge in [-0.3, -0.25) is 4.79 Å². The summed E-state index contributed by atoms with van der Waals surface area (Å²) in [5.74, 6) is 0.791. The number of allylic oxidation sites excluding steroid dienone is 2. The number of alkyl halides is 3. The summed E-state index contributed by atoms with van der Waals surface area (Å²) in [6, 6.07) is 4.83. The Labute approximate surface area is 189 Å². The molecule has 1 aliphatic carbocycles. The summed E-state index contributed by atoms with van der Waals surface area (Å²) in [4.78, 5) is 22.0. The van der Waals surface area contributed by atoms with Crippen LogP contribution in [0.4, 0.5) is 24.7 Å². The van der Waals surface area contributed by atoms with Crippen molar-refractivity contribution in [3.63, 3.8) is 0 Å². The number of hydrogen-bond acceptors (Lipinski definition) is 5. The van der Waals surface area contributed by atoms with Gasteiger partial charge in [0.15, 0.2) is 0 Å². The highest BCUT2D eigenvalue weighted by Crippen LogP contribution is 2.34. The predicted octanol–water partition coefficient (Wildman–Crippen LogP) is 5.37.